The van der Waals surface area contributed by atoms with Gasteiger partial charge >= 0.3 is 5.97 Å². The van der Waals surface area contributed by atoms with Gasteiger partial charge in [-0.05, 0) is 42.8 Å². The molecule has 21 heavy (non-hydrogen) atoms. The van der Waals surface area contributed by atoms with Crippen LogP contribution < -0.4 is 9.47 Å². The number of aromatic carboxylic acids is 1. The van der Waals surface area contributed by atoms with Crippen LogP contribution in [0.25, 0.3) is 0 Å². The summed E-state index contributed by atoms with van der Waals surface area (Å²) < 4.78 is 12.1. The zero-order chi connectivity index (χ0) is 15.2. The van der Waals surface area contributed by atoms with Gasteiger partial charge in [0, 0.05) is 4.47 Å². The summed E-state index contributed by atoms with van der Waals surface area (Å²) in [5, 5.41) is 8.90. The summed E-state index contributed by atoms with van der Waals surface area (Å²) in [7, 11) is 0. The molecule has 0 bridgehead atoms. The van der Waals surface area contributed by atoms with Gasteiger partial charge in [0.1, 0.15) is 24.7 Å². The highest BCUT2D eigenvalue weighted by atomic mass is 79.9. The second kappa shape index (κ2) is 7.13. The molecule has 2 aromatic carbocycles. The molecule has 0 aliphatic heterocycles. The van der Waals surface area contributed by atoms with Crippen LogP contribution in [0.1, 0.15) is 15.9 Å². The van der Waals surface area contributed by atoms with E-state index in [4.69, 9.17) is 14.6 Å². The third-order valence-electron chi connectivity index (χ3n) is 2.84. The van der Waals surface area contributed by atoms with Crippen LogP contribution in [-0.2, 0) is 0 Å². The second-order valence-corrected chi connectivity index (χ2v) is 5.36. The number of carboxylic acids is 1. The summed E-state index contributed by atoms with van der Waals surface area (Å²) in [4.78, 5) is 10.9. The lowest BCUT2D eigenvalue weighted by molar-refractivity contribution is 0.0696. The average molecular weight is 351 g/mol. The van der Waals surface area contributed by atoms with Gasteiger partial charge in [-0.15, -0.1) is 0 Å². The van der Waals surface area contributed by atoms with Gasteiger partial charge in [-0.1, -0.05) is 28.1 Å². The summed E-state index contributed by atoms with van der Waals surface area (Å²) in [6, 6.07) is 12.2. The van der Waals surface area contributed by atoms with Crippen LogP contribution in [0.3, 0.4) is 0 Å². The minimum atomic E-state index is -0.971. The van der Waals surface area contributed by atoms with Crippen molar-refractivity contribution in [1.29, 1.82) is 0 Å². The number of carbonyl (C=O) groups is 1. The molecule has 0 heterocycles. The summed E-state index contributed by atoms with van der Waals surface area (Å²) in [5.74, 6) is 0.346. The van der Waals surface area contributed by atoms with Crippen molar-refractivity contribution >= 4 is 21.9 Å². The van der Waals surface area contributed by atoms with Crippen molar-refractivity contribution in [1.82, 2.24) is 0 Å². The van der Waals surface area contributed by atoms with Crippen molar-refractivity contribution in [2.75, 3.05) is 13.2 Å². The molecular weight excluding hydrogens is 336 g/mol. The van der Waals surface area contributed by atoms with Gasteiger partial charge in [-0.3, -0.25) is 0 Å². The fourth-order valence-electron chi connectivity index (χ4n) is 1.76. The van der Waals surface area contributed by atoms with Crippen LogP contribution in [0.5, 0.6) is 11.5 Å². The molecule has 4 nitrogen and oxygen atoms in total. The number of hydrogen-bond acceptors (Lipinski definition) is 3. The Morgan fingerprint density at radius 2 is 1.90 bits per heavy atom. The maximum Gasteiger partial charge on any atom is 0.335 e. The van der Waals surface area contributed by atoms with E-state index in [1.54, 1.807) is 12.1 Å². The van der Waals surface area contributed by atoms with E-state index in [0.29, 0.717) is 19.0 Å². The van der Waals surface area contributed by atoms with E-state index in [1.807, 2.05) is 25.1 Å². The minimum absolute atomic E-state index is 0.205. The quantitative estimate of drug-likeness (QED) is 0.802. The Bertz CT molecular complexity index is 640. The molecule has 2 aromatic rings. The third-order valence-corrected chi connectivity index (χ3v) is 3.33. The molecule has 0 aliphatic rings. The third kappa shape index (κ3) is 4.49. The lowest BCUT2D eigenvalue weighted by Crippen LogP contribution is -2.10. The first-order valence-electron chi connectivity index (χ1n) is 6.41. The summed E-state index contributed by atoms with van der Waals surface area (Å²) in [5.41, 5.74) is 1.25. The Hall–Kier alpha value is -2.01. The summed E-state index contributed by atoms with van der Waals surface area (Å²) >= 11 is 3.40. The molecule has 0 unspecified atom stereocenters. The van der Waals surface area contributed by atoms with Crippen LogP contribution in [0.2, 0.25) is 0 Å². The van der Waals surface area contributed by atoms with Gasteiger partial charge in [0.25, 0.3) is 0 Å². The molecule has 0 saturated heterocycles. The highest BCUT2D eigenvalue weighted by Crippen LogP contribution is 2.22. The zero-order valence-electron chi connectivity index (χ0n) is 11.5. The van der Waals surface area contributed by atoms with E-state index in [2.05, 4.69) is 15.9 Å². The van der Waals surface area contributed by atoms with Crippen molar-refractivity contribution in [3.63, 3.8) is 0 Å². The number of hydrogen-bond donors (Lipinski definition) is 1. The predicted octanol–water partition coefficient (Wildman–Crippen LogP) is 3.91. The molecule has 0 amide bonds. The largest absolute Gasteiger partial charge is 0.490 e. The fourth-order valence-corrected chi connectivity index (χ4v) is 2.10. The minimum Gasteiger partial charge on any atom is -0.490 e. The van der Waals surface area contributed by atoms with E-state index in [0.717, 1.165) is 15.8 Å². The molecule has 0 saturated carbocycles. The van der Waals surface area contributed by atoms with E-state index < -0.39 is 5.97 Å². The molecule has 0 spiro atoms. The molecule has 0 atom stereocenters. The SMILES string of the molecule is Cc1ccc(Br)cc1OCCOc1cccc(C(=O)O)c1. The molecule has 0 aromatic heterocycles. The number of aryl methyl sites for hydroxylation is 1. The Morgan fingerprint density at radius 3 is 2.67 bits per heavy atom. The lowest BCUT2D eigenvalue weighted by atomic mass is 10.2. The summed E-state index contributed by atoms with van der Waals surface area (Å²) in [6.45, 7) is 2.70. The van der Waals surface area contributed by atoms with Gasteiger partial charge in [0.15, 0.2) is 0 Å². The number of benzene rings is 2. The smallest absolute Gasteiger partial charge is 0.335 e. The number of ether oxygens (including phenoxy) is 2. The van der Waals surface area contributed by atoms with Crippen molar-refractivity contribution in [2.24, 2.45) is 0 Å². The summed E-state index contributed by atoms with van der Waals surface area (Å²) in [6.07, 6.45) is 0. The van der Waals surface area contributed by atoms with E-state index >= 15 is 0 Å². The van der Waals surface area contributed by atoms with Gasteiger partial charge in [0.2, 0.25) is 0 Å². The molecule has 0 aliphatic carbocycles. The Kier molecular flexibility index (Phi) is 5.22. The first-order chi connectivity index (χ1) is 10.1. The number of carboxylic acid groups (broad SMARTS) is 1. The van der Waals surface area contributed by atoms with Crippen LogP contribution in [-0.4, -0.2) is 24.3 Å². The van der Waals surface area contributed by atoms with Crippen LogP contribution >= 0.6 is 15.9 Å². The molecule has 1 N–H and O–H groups in total. The van der Waals surface area contributed by atoms with Crippen molar-refractivity contribution < 1.29 is 19.4 Å². The highest BCUT2D eigenvalue weighted by molar-refractivity contribution is 9.10. The lowest BCUT2D eigenvalue weighted by Gasteiger charge is -2.11. The molecule has 110 valence electrons. The standard InChI is InChI=1S/C16H15BrO4/c1-11-5-6-13(17)10-15(11)21-8-7-20-14-4-2-3-12(9-14)16(18)19/h2-6,9-10H,7-8H2,1H3,(H,18,19). The maximum absolute atomic E-state index is 10.9. The zero-order valence-corrected chi connectivity index (χ0v) is 13.1. The Morgan fingerprint density at radius 1 is 1.14 bits per heavy atom. The average Bonchev–Trinajstić information content (AvgIpc) is 2.47. The normalized spacial score (nSPS) is 10.2. The Balaban J connectivity index is 1.86. The van der Waals surface area contributed by atoms with Crippen LogP contribution in [0.15, 0.2) is 46.9 Å². The molecular formula is C16H15BrO4. The van der Waals surface area contributed by atoms with Crippen LogP contribution in [0, 0.1) is 6.92 Å². The first-order valence-corrected chi connectivity index (χ1v) is 7.20. The van der Waals surface area contributed by atoms with Crippen LogP contribution in [0.4, 0.5) is 0 Å². The van der Waals surface area contributed by atoms with E-state index in [9.17, 15) is 4.79 Å². The van der Waals surface area contributed by atoms with Crippen molar-refractivity contribution in [3.8, 4) is 11.5 Å². The second-order valence-electron chi connectivity index (χ2n) is 4.44. The number of halogens is 1. The monoisotopic (exact) mass is 350 g/mol. The first kappa shape index (κ1) is 15.4. The van der Waals surface area contributed by atoms with Gasteiger partial charge in [-0.2, -0.15) is 0 Å². The molecule has 5 heteroatoms. The molecule has 0 radical (unpaired) electrons. The predicted molar refractivity (Wildman–Crippen MR) is 83.3 cm³/mol. The molecule has 0 fully saturated rings. The maximum atomic E-state index is 10.9. The van der Waals surface area contributed by atoms with Crippen molar-refractivity contribution in [3.05, 3.63) is 58.1 Å². The fraction of sp³-hybridized carbons (Fsp3) is 0.188. The highest BCUT2D eigenvalue weighted by Gasteiger charge is 2.04. The van der Waals surface area contributed by atoms with E-state index in [1.165, 1.54) is 12.1 Å². The van der Waals surface area contributed by atoms with Gasteiger partial charge in [0.05, 0.1) is 5.56 Å². The number of rotatable bonds is 6. The topological polar surface area (TPSA) is 55.8 Å². The van der Waals surface area contributed by atoms with Gasteiger partial charge < -0.3 is 14.6 Å². The molecule has 2 rings (SSSR count). The van der Waals surface area contributed by atoms with Gasteiger partial charge in [-0.25, -0.2) is 4.79 Å². The van der Waals surface area contributed by atoms with Crippen molar-refractivity contribution in [2.45, 2.75) is 6.92 Å². The Labute approximate surface area is 131 Å². The van der Waals surface area contributed by atoms with E-state index in [-0.39, 0.29) is 5.56 Å².